The third-order valence-corrected chi connectivity index (χ3v) is 2.57. The Kier molecular flexibility index (Phi) is 3.65. The van der Waals surface area contributed by atoms with Crippen LogP contribution in [0.15, 0.2) is 18.2 Å². The largest absolute Gasteiger partial charge is 0.465 e. The fourth-order valence-electron chi connectivity index (χ4n) is 1.81. The van der Waals surface area contributed by atoms with Gasteiger partial charge >= 0.3 is 12.1 Å². The first-order valence-corrected chi connectivity index (χ1v) is 5.71. The van der Waals surface area contributed by atoms with E-state index in [4.69, 9.17) is 0 Å². The van der Waals surface area contributed by atoms with Crippen molar-refractivity contribution < 1.29 is 27.1 Å². The Labute approximate surface area is 110 Å². The normalized spacial score (nSPS) is 11.8. The molecule has 20 heavy (non-hydrogen) atoms. The number of fused-ring (bicyclic) bond motifs is 1. The number of hydrogen-bond acceptors (Lipinski definition) is 3. The average molecular weight is 290 g/mol. The maximum atomic E-state index is 13.1. The molecule has 4 nitrogen and oxygen atoms in total. The van der Waals surface area contributed by atoms with Crippen LogP contribution in [0, 0.1) is 5.82 Å². The van der Waals surface area contributed by atoms with Crippen molar-refractivity contribution in [1.82, 2.24) is 9.78 Å². The smallest absolute Gasteiger partial charge is 0.435 e. The molecule has 0 saturated carbocycles. The van der Waals surface area contributed by atoms with Crippen molar-refractivity contribution in [2.45, 2.75) is 19.6 Å². The Morgan fingerprint density at radius 2 is 2.10 bits per heavy atom. The van der Waals surface area contributed by atoms with Crippen molar-refractivity contribution in [1.29, 1.82) is 0 Å². The van der Waals surface area contributed by atoms with Crippen LogP contribution >= 0.6 is 0 Å². The van der Waals surface area contributed by atoms with E-state index in [-0.39, 0.29) is 17.5 Å². The average Bonchev–Trinajstić information content (AvgIpc) is 2.67. The van der Waals surface area contributed by atoms with Crippen molar-refractivity contribution in [3.05, 3.63) is 29.7 Å². The van der Waals surface area contributed by atoms with E-state index in [1.165, 1.54) is 0 Å². The molecule has 1 heterocycles. The lowest BCUT2D eigenvalue weighted by Gasteiger charge is -2.03. The molecular formula is C12H10F4N2O2. The highest BCUT2D eigenvalue weighted by atomic mass is 19.4. The van der Waals surface area contributed by atoms with Crippen LogP contribution in [0.25, 0.3) is 10.9 Å². The van der Waals surface area contributed by atoms with Crippen molar-refractivity contribution in [2.24, 2.45) is 0 Å². The monoisotopic (exact) mass is 290 g/mol. The number of ether oxygens (including phenoxy) is 1. The van der Waals surface area contributed by atoms with E-state index in [0.717, 1.165) is 22.9 Å². The third-order valence-electron chi connectivity index (χ3n) is 2.57. The standard InChI is InChI=1S/C12H10F4N2O2/c1-2-20-10(19)6-18-9-4-3-7(13)5-8(9)11(17-18)12(14,15)16/h3-5H,2,6H2,1H3. The first-order valence-electron chi connectivity index (χ1n) is 5.71. The fourth-order valence-corrected chi connectivity index (χ4v) is 1.81. The Morgan fingerprint density at radius 1 is 1.40 bits per heavy atom. The van der Waals surface area contributed by atoms with E-state index in [1.54, 1.807) is 6.92 Å². The molecule has 0 saturated heterocycles. The van der Waals surface area contributed by atoms with E-state index in [9.17, 15) is 22.4 Å². The maximum Gasteiger partial charge on any atom is 0.435 e. The predicted octanol–water partition coefficient (Wildman–Crippen LogP) is 2.76. The van der Waals surface area contributed by atoms with Crippen LogP contribution < -0.4 is 0 Å². The number of benzene rings is 1. The molecule has 8 heteroatoms. The predicted molar refractivity (Wildman–Crippen MR) is 61.3 cm³/mol. The van der Waals surface area contributed by atoms with Crippen molar-refractivity contribution in [3.8, 4) is 0 Å². The van der Waals surface area contributed by atoms with Gasteiger partial charge in [0.2, 0.25) is 0 Å². The molecule has 0 bridgehead atoms. The molecule has 1 aromatic heterocycles. The molecule has 0 radical (unpaired) electrons. The molecule has 0 aliphatic heterocycles. The molecule has 0 atom stereocenters. The molecule has 2 rings (SSSR count). The second-order valence-electron chi connectivity index (χ2n) is 3.97. The Morgan fingerprint density at radius 3 is 2.70 bits per heavy atom. The SMILES string of the molecule is CCOC(=O)Cn1nc(C(F)(F)F)c2cc(F)ccc21. The van der Waals surface area contributed by atoms with Crippen LogP contribution in [0.1, 0.15) is 12.6 Å². The van der Waals surface area contributed by atoms with Crippen LogP contribution in [0.3, 0.4) is 0 Å². The number of hydrogen-bond donors (Lipinski definition) is 0. The summed E-state index contributed by atoms with van der Waals surface area (Å²) >= 11 is 0. The van der Waals surface area contributed by atoms with Crippen LogP contribution in [-0.2, 0) is 22.3 Å². The second-order valence-corrected chi connectivity index (χ2v) is 3.97. The zero-order valence-electron chi connectivity index (χ0n) is 10.4. The van der Waals surface area contributed by atoms with Gasteiger partial charge in [-0.05, 0) is 25.1 Å². The summed E-state index contributed by atoms with van der Waals surface area (Å²) in [7, 11) is 0. The lowest BCUT2D eigenvalue weighted by atomic mass is 10.2. The minimum Gasteiger partial charge on any atom is -0.465 e. The Hall–Kier alpha value is -2.12. The first kappa shape index (κ1) is 14.3. The lowest BCUT2D eigenvalue weighted by Crippen LogP contribution is -2.15. The highest BCUT2D eigenvalue weighted by Gasteiger charge is 2.37. The highest BCUT2D eigenvalue weighted by Crippen LogP contribution is 2.34. The van der Waals surface area contributed by atoms with E-state index >= 15 is 0 Å². The van der Waals surface area contributed by atoms with Gasteiger partial charge in [-0.1, -0.05) is 0 Å². The van der Waals surface area contributed by atoms with E-state index in [1.807, 2.05) is 0 Å². The molecule has 0 fully saturated rings. The van der Waals surface area contributed by atoms with Gasteiger partial charge in [-0.25, -0.2) is 4.39 Å². The summed E-state index contributed by atoms with van der Waals surface area (Å²) in [5.41, 5.74) is -1.21. The Bertz CT molecular complexity index is 649. The Balaban J connectivity index is 2.53. The zero-order chi connectivity index (χ0) is 14.9. The van der Waals surface area contributed by atoms with Gasteiger partial charge in [-0.15, -0.1) is 0 Å². The molecule has 1 aromatic carbocycles. The van der Waals surface area contributed by atoms with Crippen LogP contribution in [-0.4, -0.2) is 22.4 Å². The summed E-state index contributed by atoms with van der Waals surface area (Å²) in [6.07, 6.45) is -4.73. The minimum absolute atomic E-state index is 0.0202. The van der Waals surface area contributed by atoms with Gasteiger partial charge in [0.05, 0.1) is 12.1 Å². The number of rotatable bonds is 3. The van der Waals surface area contributed by atoms with Crippen LogP contribution in [0.5, 0.6) is 0 Å². The third kappa shape index (κ3) is 2.73. The van der Waals surface area contributed by atoms with E-state index in [0.29, 0.717) is 0 Å². The molecule has 0 amide bonds. The van der Waals surface area contributed by atoms with Gasteiger partial charge in [0.15, 0.2) is 5.69 Å². The summed E-state index contributed by atoms with van der Waals surface area (Å²) in [5.74, 6) is -1.52. The molecular weight excluding hydrogens is 280 g/mol. The van der Waals surface area contributed by atoms with Gasteiger partial charge < -0.3 is 4.74 Å². The highest BCUT2D eigenvalue weighted by molar-refractivity contribution is 5.84. The number of carbonyl (C=O) groups is 1. The molecule has 0 unspecified atom stereocenters. The van der Waals surface area contributed by atoms with Crippen LogP contribution in [0.2, 0.25) is 0 Å². The number of aromatic nitrogens is 2. The van der Waals surface area contributed by atoms with Crippen LogP contribution in [0.4, 0.5) is 17.6 Å². The second kappa shape index (κ2) is 5.10. The lowest BCUT2D eigenvalue weighted by molar-refractivity contribution is -0.145. The molecule has 0 spiro atoms. The molecule has 0 aliphatic carbocycles. The van der Waals surface area contributed by atoms with Gasteiger partial charge in [-0.3, -0.25) is 9.48 Å². The zero-order valence-corrected chi connectivity index (χ0v) is 10.4. The van der Waals surface area contributed by atoms with Crippen molar-refractivity contribution in [2.75, 3.05) is 6.61 Å². The topological polar surface area (TPSA) is 44.1 Å². The quantitative estimate of drug-likeness (QED) is 0.645. The number of alkyl halides is 3. The molecule has 0 aliphatic rings. The summed E-state index contributed by atoms with van der Waals surface area (Å²) in [6, 6.07) is 2.89. The van der Waals surface area contributed by atoms with Crippen molar-refractivity contribution in [3.63, 3.8) is 0 Å². The van der Waals surface area contributed by atoms with E-state index in [2.05, 4.69) is 9.84 Å². The van der Waals surface area contributed by atoms with Gasteiger partial charge in [0, 0.05) is 5.39 Å². The number of nitrogens with zero attached hydrogens (tertiary/aromatic N) is 2. The molecule has 0 N–H and O–H groups in total. The summed E-state index contributed by atoms with van der Waals surface area (Å²) in [4.78, 5) is 11.3. The maximum absolute atomic E-state index is 13.1. The van der Waals surface area contributed by atoms with Gasteiger partial charge in [-0.2, -0.15) is 18.3 Å². The number of halogens is 4. The summed E-state index contributed by atoms with van der Waals surface area (Å²) in [5, 5.41) is 2.96. The molecule has 2 aromatic rings. The summed E-state index contributed by atoms with van der Waals surface area (Å²) in [6.45, 7) is 1.22. The minimum atomic E-state index is -4.73. The van der Waals surface area contributed by atoms with Crippen molar-refractivity contribution >= 4 is 16.9 Å². The molecule has 108 valence electrons. The summed E-state index contributed by atoms with van der Waals surface area (Å²) < 4.78 is 57.1. The number of carbonyl (C=O) groups excluding carboxylic acids is 1. The first-order chi connectivity index (χ1) is 9.32. The number of esters is 1. The van der Waals surface area contributed by atoms with E-state index < -0.39 is 30.2 Å². The van der Waals surface area contributed by atoms with Gasteiger partial charge in [0.25, 0.3) is 0 Å². The fraction of sp³-hybridized carbons (Fsp3) is 0.333. The van der Waals surface area contributed by atoms with Gasteiger partial charge in [0.1, 0.15) is 12.4 Å².